The van der Waals surface area contributed by atoms with Gasteiger partial charge >= 0.3 is 11.9 Å². The first-order chi connectivity index (χ1) is 13.4. The number of nitrogens with zero attached hydrogens (tertiary/aromatic N) is 1. The van der Waals surface area contributed by atoms with Crippen LogP contribution in [0.1, 0.15) is 67.4 Å². The molecule has 156 valence electrons. The van der Waals surface area contributed by atoms with Crippen molar-refractivity contribution in [2.45, 2.75) is 52.9 Å². The van der Waals surface area contributed by atoms with Crippen LogP contribution in [0.4, 0.5) is 0 Å². The van der Waals surface area contributed by atoms with Crippen molar-refractivity contribution in [1.82, 2.24) is 4.90 Å². The van der Waals surface area contributed by atoms with Crippen LogP contribution in [-0.2, 0) is 14.3 Å². The molecule has 0 unspecified atom stereocenters. The van der Waals surface area contributed by atoms with Crippen molar-refractivity contribution in [2.75, 3.05) is 39.5 Å². The number of ether oxygens (including phenoxy) is 3. The minimum absolute atomic E-state index is 0.138. The molecule has 1 aromatic rings. The maximum absolute atomic E-state index is 12.4. The summed E-state index contributed by atoms with van der Waals surface area (Å²) in [4.78, 5) is 26.9. The zero-order valence-corrected chi connectivity index (χ0v) is 17.6. The van der Waals surface area contributed by atoms with Gasteiger partial charge in [-0.25, -0.2) is 9.59 Å². The van der Waals surface area contributed by atoms with Gasteiger partial charge in [-0.15, -0.1) is 0 Å². The summed E-state index contributed by atoms with van der Waals surface area (Å²) < 4.78 is 16.3. The summed E-state index contributed by atoms with van der Waals surface area (Å²) in [5.41, 5.74) is 2.01. The molecule has 0 aromatic heterocycles. The van der Waals surface area contributed by atoms with Gasteiger partial charge in [0.2, 0.25) is 0 Å². The van der Waals surface area contributed by atoms with Crippen LogP contribution in [0.5, 0.6) is 5.75 Å². The molecule has 0 radical (unpaired) electrons. The van der Waals surface area contributed by atoms with Crippen LogP contribution in [0.3, 0.4) is 0 Å². The third-order valence-corrected chi connectivity index (χ3v) is 4.95. The predicted molar refractivity (Wildman–Crippen MR) is 108 cm³/mol. The number of carbonyl (C=O) groups excluding carboxylic acids is 2. The molecule has 0 aliphatic carbocycles. The Kier molecular flexibility index (Phi) is 8.77. The van der Waals surface area contributed by atoms with Crippen LogP contribution in [-0.4, -0.2) is 56.3 Å². The van der Waals surface area contributed by atoms with E-state index in [1.807, 2.05) is 32.9 Å². The van der Waals surface area contributed by atoms with E-state index in [0.29, 0.717) is 17.9 Å². The highest BCUT2D eigenvalue weighted by atomic mass is 16.6. The van der Waals surface area contributed by atoms with Gasteiger partial charge in [-0.1, -0.05) is 32.4 Å². The van der Waals surface area contributed by atoms with E-state index in [1.54, 1.807) is 6.92 Å². The molecule has 1 aliphatic rings. The van der Waals surface area contributed by atoms with E-state index in [-0.39, 0.29) is 19.1 Å². The van der Waals surface area contributed by atoms with Crippen LogP contribution in [0.15, 0.2) is 12.1 Å². The standard InChI is InChI=1S/C22H33NO5/c1-5-26-22(25)20-17(4)9-10-18(16(2)3)21(20)28-15-19(24)27-14-13-23-11-7-6-8-12-23/h9-10,16H,5-8,11-15H2,1-4H3. The lowest BCUT2D eigenvalue weighted by Crippen LogP contribution is -2.33. The van der Waals surface area contributed by atoms with Crippen molar-refractivity contribution in [1.29, 1.82) is 0 Å². The van der Waals surface area contributed by atoms with Crippen LogP contribution in [0.2, 0.25) is 0 Å². The maximum atomic E-state index is 12.4. The number of aryl methyl sites for hydroxylation is 1. The van der Waals surface area contributed by atoms with Crippen molar-refractivity contribution in [3.63, 3.8) is 0 Å². The zero-order chi connectivity index (χ0) is 20.5. The van der Waals surface area contributed by atoms with Gasteiger partial charge in [0.05, 0.1) is 6.61 Å². The van der Waals surface area contributed by atoms with E-state index < -0.39 is 11.9 Å². The van der Waals surface area contributed by atoms with Gasteiger partial charge in [-0.2, -0.15) is 0 Å². The van der Waals surface area contributed by atoms with Crippen LogP contribution in [0, 0.1) is 6.92 Å². The molecule has 6 nitrogen and oxygen atoms in total. The Labute approximate surface area is 168 Å². The molecule has 1 aliphatic heterocycles. The predicted octanol–water partition coefficient (Wildman–Crippen LogP) is 3.70. The monoisotopic (exact) mass is 391 g/mol. The summed E-state index contributed by atoms with van der Waals surface area (Å²) in [6.45, 7) is 10.9. The summed E-state index contributed by atoms with van der Waals surface area (Å²) in [5.74, 6) is -0.306. The molecule has 0 N–H and O–H groups in total. The fourth-order valence-corrected chi connectivity index (χ4v) is 3.41. The summed E-state index contributed by atoms with van der Waals surface area (Å²) in [5, 5.41) is 0. The lowest BCUT2D eigenvalue weighted by atomic mass is 9.96. The molecule has 0 bridgehead atoms. The van der Waals surface area contributed by atoms with E-state index in [9.17, 15) is 9.59 Å². The highest BCUT2D eigenvalue weighted by molar-refractivity contribution is 5.95. The Hall–Kier alpha value is -2.08. The van der Waals surface area contributed by atoms with Gasteiger partial charge in [-0.05, 0) is 56.8 Å². The van der Waals surface area contributed by atoms with Crippen molar-refractivity contribution >= 4 is 11.9 Å². The number of rotatable bonds is 9. The molecule has 0 atom stereocenters. The average Bonchev–Trinajstić information content (AvgIpc) is 2.67. The van der Waals surface area contributed by atoms with Crippen LogP contribution in [0.25, 0.3) is 0 Å². The second-order valence-electron chi connectivity index (χ2n) is 7.46. The number of piperidine rings is 1. The summed E-state index contributed by atoms with van der Waals surface area (Å²) in [6, 6.07) is 3.81. The smallest absolute Gasteiger partial charge is 0.344 e. The Balaban J connectivity index is 1.99. The van der Waals surface area contributed by atoms with E-state index in [0.717, 1.165) is 30.8 Å². The van der Waals surface area contributed by atoms with Crippen molar-refractivity contribution in [3.8, 4) is 5.75 Å². The number of esters is 2. The van der Waals surface area contributed by atoms with Crippen molar-refractivity contribution < 1.29 is 23.8 Å². The lowest BCUT2D eigenvalue weighted by molar-refractivity contribution is -0.146. The first-order valence-corrected chi connectivity index (χ1v) is 10.3. The fourth-order valence-electron chi connectivity index (χ4n) is 3.41. The van der Waals surface area contributed by atoms with Crippen molar-refractivity contribution in [2.24, 2.45) is 0 Å². The fraction of sp³-hybridized carbons (Fsp3) is 0.636. The second-order valence-corrected chi connectivity index (χ2v) is 7.46. The number of hydrogen-bond donors (Lipinski definition) is 0. The Morgan fingerprint density at radius 3 is 2.46 bits per heavy atom. The largest absolute Gasteiger partial charge is 0.481 e. The molecule has 0 spiro atoms. The molecule has 6 heteroatoms. The lowest BCUT2D eigenvalue weighted by Gasteiger charge is -2.26. The number of hydrogen-bond acceptors (Lipinski definition) is 6. The SMILES string of the molecule is CCOC(=O)c1c(C)ccc(C(C)C)c1OCC(=O)OCCN1CCCCC1. The van der Waals surface area contributed by atoms with Gasteiger partial charge in [-0.3, -0.25) is 4.90 Å². The molecule has 0 amide bonds. The van der Waals surface area contributed by atoms with E-state index >= 15 is 0 Å². The minimum atomic E-state index is -0.434. The Bertz CT molecular complexity index is 665. The Morgan fingerprint density at radius 1 is 1.11 bits per heavy atom. The highest BCUT2D eigenvalue weighted by Gasteiger charge is 2.23. The topological polar surface area (TPSA) is 65.1 Å². The quantitative estimate of drug-likeness (QED) is 0.598. The number of benzene rings is 1. The van der Waals surface area contributed by atoms with Crippen LogP contribution < -0.4 is 4.74 Å². The number of carbonyl (C=O) groups is 2. The summed E-state index contributed by atoms with van der Waals surface area (Å²) in [6.07, 6.45) is 3.69. The molecule has 2 rings (SSSR count). The molecule has 1 saturated heterocycles. The molecule has 1 heterocycles. The molecular formula is C22H33NO5. The highest BCUT2D eigenvalue weighted by Crippen LogP contribution is 2.33. The average molecular weight is 392 g/mol. The third kappa shape index (κ3) is 6.23. The van der Waals surface area contributed by atoms with E-state index in [1.165, 1.54) is 19.3 Å². The van der Waals surface area contributed by atoms with Crippen molar-refractivity contribution in [3.05, 3.63) is 28.8 Å². The molecule has 28 heavy (non-hydrogen) atoms. The number of likely N-dealkylation sites (tertiary alicyclic amines) is 1. The normalized spacial score (nSPS) is 14.8. The minimum Gasteiger partial charge on any atom is -0.481 e. The van der Waals surface area contributed by atoms with Gasteiger partial charge in [0, 0.05) is 6.54 Å². The Morgan fingerprint density at radius 2 is 1.82 bits per heavy atom. The molecular weight excluding hydrogens is 358 g/mol. The molecule has 1 aromatic carbocycles. The second kappa shape index (κ2) is 11.1. The molecule has 1 fully saturated rings. The summed E-state index contributed by atoms with van der Waals surface area (Å²) in [7, 11) is 0. The van der Waals surface area contributed by atoms with Gasteiger partial charge in [0.1, 0.15) is 17.9 Å². The zero-order valence-electron chi connectivity index (χ0n) is 17.6. The van der Waals surface area contributed by atoms with Gasteiger partial charge < -0.3 is 14.2 Å². The van der Waals surface area contributed by atoms with E-state index in [4.69, 9.17) is 14.2 Å². The van der Waals surface area contributed by atoms with Gasteiger partial charge in [0.25, 0.3) is 0 Å². The van der Waals surface area contributed by atoms with Crippen LogP contribution >= 0.6 is 0 Å². The first kappa shape index (κ1) is 22.2. The summed E-state index contributed by atoms with van der Waals surface area (Å²) >= 11 is 0. The first-order valence-electron chi connectivity index (χ1n) is 10.3. The maximum Gasteiger partial charge on any atom is 0.344 e. The third-order valence-electron chi connectivity index (χ3n) is 4.95. The van der Waals surface area contributed by atoms with Gasteiger partial charge in [0.15, 0.2) is 6.61 Å². The molecule has 0 saturated carbocycles. The van der Waals surface area contributed by atoms with E-state index in [2.05, 4.69) is 4.90 Å².